The van der Waals surface area contributed by atoms with Gasteiger partial charge in [0, 0.05) is 23.7 Å². The van der Waals surface area contributed by atoms with Gasteiger partial charge in [0.25, 0.3) is 11.8 Å². The molecule has 0 fully saturated rings. The van der Waals surface area contributed by atoms with Crippen molar-refractivity contribution >= 4 is 23.3 Å². The number of hydrazone groups is 1. The standard InChI is InChI=1S/C23H21FN4O3/c1-13-7-6-12-25-21(13)26-23(30)20-14(2)19-17(10-5-11-18(19)31-20)27-28-22(29)15-8-3-4-9-16(15)24/h3-4,6-9,12H,5,10-11H2,1-2H3,(H,28,29)(H,25,26,30)/b27-17+. The molecule has 7 nitrogen and oxygen atoms in total. The summed E-state index contributed by atoms with van der Waals surface area (Å²) >= 11 is 0. The number of carbonyl (C=O) groups excluding carboxylic acids is 2. The molecule has 1 aliphatic rings. The molecule has 0 unspecified atom stereocenters. The number of amides is 2. The van der Waals surface area contributed by atoms with E-state index in [4.69, 9.17) is 4.42 Å². The number of anilines is 1. The highest BCUT2D eigenvalue weighted by Gasteiger charge is 2.28. The summed E-state index contributed by atoms with van der Waals surface area (Å²) in [6, 6.07) is 9.35. The number of aromatic nitrogens is 1. The Morgan fingerprint density at radius 2 is 1.90 bits per heavy atom. The van der Waals surface area contributed by atoms with Gasteiger partial charge in [-0.25, -0.2) is 14.8 Å². The Balaban J connectivity index is 1.59. The number of hydrogen-bond acceptors (Lipinski definition) is 5. The van der Waals surface area contributed by atoms with E-state index in [1.807, 2.05) is 13.0 Å². The minimum absolute atomic E-state index is 0.0856. The van der Waals surface area contributed by atoms with Gasteiger partial charge in [-0.2, -0.15) is 5.10 Å². The summed E-state index contributed by atoms with van der Waals surface area (Å²) in [7, 11) is 0. The van der Waals surface area contributed by atoms with Gasteiger partial charge >= 0.3 is 0 Å². The molecule has 4 rings (SSSR count). The Kier molecular flexibility index (Phi) is 5.62. The lowest BCUT2D eigenvalue weighted by atomic mass is 9.93. The van der Waals surface area contributed by atoms with E-state index in [0.29, 0.717) is 41.3 Å². The maximum absolute atomic E-state index is 13.8. The number of furan rings is 1. The topological polar surface area (TPSA) is 96.6 Å². The van der Waals surface area contributed by atoms with Crippen LogP contribution in [0, 0.1) is 19.7 Å². The van der Waals surface area contributed by atoms with Crippen LogP contribution in [0.1, 0.15) is 56.2 Å². The summed E-state index contributed by atoms with van der Waals surface area (Å²) in [5.41, 5.74) is 5.12. The number of nitrogens with one attached hydrogen (secondary N) is 2. The average molecular weight is 420 g/mol. The molecule has 0 aliphatic heterocycles. The molecule has 31 heavy (non-hydrogen) atoms. The van der Waals surface area contributed by atoms with Gasteiger partial charge in [-0.05, 0) is 50.5 Å². The first-order valence-electron chi connectivity index (χ1n) is 9.92. The SMILES string of the molecule is Cc1cccnc1NC(=O)c1oc2c(c1C)/C(=N/NC(=O)c1ccccc1F)CCC2. The fourth-order valence-electron chi connectivity index (χ4n) is 3.60. The van der Waals surface area contributed by atoms with Crippen molar-refractivity contribution in [2.75, 3.05) is 5.32 Å². The predicted molar refractivity (Wildman–Crippen MR) is 114 cm³/mol. The minimum Gasteiger partial charge on any atom is -0.455 e. The molecule has 8 heteroatoms. The predicted octanol–water partition coefficient (Wildman–Crippen LogP) is 4.15. The normalized spacial score (nSPS) is 14.2. The van der Waals surface area contributed by atoms with Crippen LogP contribution in [0.25, 0.3) is 0 Å². The van der Waals surface area contributed by atoms with Gasteiger partial charge in [-0.3, -0.25) is 9.59 Å². The van der Waals surface area contributed by atoms with Gasteiger partial charge in [0.1, 0.15) is 17.4 Å². The summed E-state index contributed by atoms with van der Waals surface area (Å²) in [6.07, 6.45) is 3.62. The largest absolute Gasteiger partial charge is 0.455 e. The van der Waals surface area contributed by atoms with Crippen molar-refractivity contribution in [2.24, 2.45) is 5.10 Å². The van der Waals surface area contributed by atoms with E-state index in [1.54, 1.807) is 25.3 Å². The first-order valence-corrected chi connectivity index (χ1v) is 9.92. The van der Waals surface area contributed by atoms with E-state index in [2.05, 4.69) is 20.8 Å². The fourth-order valence-corrected chi connectivity index (χ4v) is 3.60. The number of halogens is 1. The maximum atomic E-state index is 13.8. The fraction of sp³-hybridized carbons (Fsp3) is 0.217. The first kappa shape index (κ1) is 20.5. The van der Waals surface area contributed by atoms with Crippen molar-refractivity contribution in [3.8, 4) is 0 Å². The van der Waals surface area contributed by atoms with Crippen molar-refractivity contribution < 1.29 is 18.4 Å². The van der Waals surface area contributed by atoms with E-state index >= 15 is 0 Å². The molecule has 0 bridgehead atoms. The summed E-state index contributed by atoms with van der Waals surface area (Å²) in [6.45, 7) is 3.63. The Bertz CT molecular complexity index is 1200. The zero-order valence-corrected chi connectivity index (χ0v) is 17.2. The van der Waals surface area contributed by atoms with Crippen molar-refractivity contribution in [3.63, 3.8) is 0 Å². The van der Waals surface area contributed by atoms with Crippen molar-refractivity contribution in [1.29, 1.82) is 0 Å². The Morgan fingerprint density at radius 1 is 1.10 bits per heavy atom. The molecule has 0 radical (unpaired) electrons. The Hall–Kier alpha value is -3.81. The van der Waals surface area contributed by atoms with Crippen LogP contribution < -0.4 is 10.7 Å². The number of carbonyl (C=O) groups is 2. The molecule has 0 saturated carbocycles. The molecule has 0 saturated heterocycles. The lowest BCUT2D eigenvalue weighted by Crippen LogP contribution is -2.23. The van der Waals surface area contributed by atoms with Gasteiger partial charge in [0.05, 0.1) is 11.3 Å². The Morgan fingerprint density at radius 3 is 2.68 bits per heavy atom. The van der Waals surface area contributed by atoms with Crippen LogP contribution in [-0.4, -0.2) is 22.5 Å². The summed E-state index contributed by atoms with van der Waals surface area (Å²) < 4.78 is 19.7. The van der Waals surface area contributed by atoms with E-state index < -0.39 is 17.6 Å². The molecule has 2 aromatic heterocycles. The second kappa shape index (κ2) is 8.51. The van der Waals surface area contributed by atoms with Gasteiger partial charge < -0.3 is 9.73 Å². The monoisotopic (exact) mass is 420 g/mol. The lowest BCUT2D eigenvalue weighted by Gasteiger charge is -2.13. The number of pyridine rings is 1. The molecule has 3 aromatic rings. The number of nitrogens with zero attached hydrogens (tertiary/aromatic N) is 2. The first-order chi connectivity index (χ1) is 15.0. The summed E-state index contributed by atoms with van der Waals surface area (Å²) in [4.78, 5) is 29.3. The van der Waals surface area contributed by atoms with Crippen LogP contribution in [0.4, 0.5) is 10.2 Å². The van der Waals surface area contributed by atoms with Crippen LogP contribution in [0.15, 0.2) is 52.1 Å². The van der Waals surface area contributed by atoms with Gasteiger partial charge in [-0.1, -0.05) is 18.2 Å². The van der Waals surface area contributed by atoms with Crippen LogP contribution in [0.2, 0.25) is 0 Å². The van der Waals surface area contributed by atoms with Crippen LogP contribution in [0.5, 0.6) is 0 Å². The molecule has 0 atom stereocenters. The second-order valence-electron chi connectivity index (χ2n) is 7.31. The van der Waals surface area contributed by atoms with E-state index in [9.17, 15) is 14.0 Å². The summed E-state index contributed by atoms with van der Waals surface area (Å²) in [5, 5.41) is 6.99. The van der Waals surface area contributed by atoms with E-state index in [-0.39, 0.29) is 11.3 Å². The third kappa shape index (κ3) is 4.09. The van der Waals surface area contributed by atoms with Gasteiger partial charge in [0.2, 0.25) is 0 Å². The number of hydrogen-bond donors (Lipinski definition) is 2. The van der Waals surface area contributed by atoms with Crippen LogP contribution >= 0.6 is 0 Å². The van der Waals surface area contributed by atoms with E-state index in [1.165, 1.54) is 18.2 Å². The molecule has 0 spiro atoms. The van der Waals surface area contributed by atoms with Crippen LogP contribution in [-0.2, 0) is 6.42 Å². The van der Waals surface area contributed by atoms with Gasteiger partial charge in [0.15, 0.2) is 5.76 Å². The third-order valence-electron chi connectivity index (χ3n) is 5.18. The number of rotatable bonds is 4. The third-order valence-corrected chi connectivity index (χ3v) is 5.18. The molecule has 2 N–H and O–H groups in total. The molecule has 2 amide bonds. The maximum Gasteiger partial charge on any atom is 0.292 e. The molecule has 1 aliphatic carbocycles. The van der Waals surface area contributed by atoms with E-state index in [0.717, 1.165) is 12.0 Å². The van der Waals surface area contributed by atoms with Crippen molar-refractivity contribution in [1.82, 2.24) is 10.4 Å². The quantitative estimate of drug-likeness (QED) is 0.620. The van der Waals surface area contributed by atoms with Crippen molar-refractivity contribution in [2.45, 2.75) is 33.1 Å². The minimum atomic E-state index is -0.637. The Labute approximate surface area is 178 Å². The molecule has 1 aromatic carbocycles. The number of fused-ring (bicyclic) bond motifs is 1. The van der Waals surface area contributed by atoms with Crippen LogP contribution in [0.3, 0.4) is 0 Å². The highest BCUT2D eigenvalue weighted by Crippen LogP contribution is 2.30. The molecular formula is C23H21FN4O3. The zero-order valence-electron chi connectivity index (χ0n) is 17.2. The highest BCUT2D eigenvalue weighted by atomic mass is 19.1. The molecule has 2 heterocycles. The molecular weight excluding hydrogens is 399 g/mol. The average Bonchev–Trinajstić information content (AvgIpc) is 3.11. The number of aryl methyl sites for hydroxylation is 2. The second-order valence-corrected chi connectivity index (χ2v) is 7.31. The van der Waals surface area contributed by atoms with Crippen molar-refractivity contribution in [3.05, 3.63) is 82.2 Å². The lowest BCUT2D eigenvalue weighted by molar-refractivity contribution is 0.0949. The zero-order chi connectivity index (χ0) is 22.0. The smallest absolute Gasteiger partial charge is 0.292 e. The summed E-state index contributed by atoms with van der Waals surface area (Å²) in [5.74, 6) is -0.360. The van der Waals surface area contributed by atoms with Gasteiger partial charge in [-0.15, -0.1) is 0 Å². The molecule has 158 valence electrons. The number of benzene rings is 1. The highest BCUT2D eigenvalue weighted by molar-refractivity contribution is 6.09.